The van der Waals surface area contributed by atoms with Crippen molar-refractivity contribution in [3.63, 3.8) is 0 Å². The van der Waals surface area contributed by atoms with E-state index in [1.807, 2.05) is 0 Å². The summed E-state index contributed by atoms with van der Waals surface area (Å²) in [5, 5.41) is 13.8. The third-order valence-corrected chi connectivity index (χ3v) is 4.21. The Bertz CT molecular complexity index is 379. The minimum Gasteiger partial charge on any atom is -0.387 e. The molecule has 0 radical (unpaired) electrons. The van der Waals surface area contributed by atoms with Crippen molar-refractivity contribution >= 4 is 0 Å². The molecule has 1 aliphatic rings. The van der Waals surface area contributed by atoms with E-state index in [2.05, 4.69) is 43.4 Å². The Hall–Kier alpha value is -0.860. The molecule has 2 heteroatoms. The van der Waals surface area contributed by atoms with E-state index in [1.54, 1.807) is 0 Å². The van der Waals surface area contributed by atoms with Crippen molar-refractivity contribution in [3.05, 3.63) is 35.4 Å². The first-order valence-corrected chi connectivity index (χ1v) is 8.15. The molecule has 1 aromatic carbocycles. The smallest absolute Gasteiger partial charge is 0.0914 e. The molecule has 1 aliphatic carbocycles. The molecule has 2 N–H and O–H groups in total. The first-order valence-electron chi connectivity index (χ1n) is 8.15. The van der Waals surface area contributed by atoms with Gasteiger partial charge in [-0.15, -0.1) is 0 Å². The number of aliphatic hydroxyl groups is 1. The molecule has 1 fully saturated rings. The Kier molecular flexibility index (Phi) is 6.06. The fraction of sp³-hybridized carbons (Fsp3) is 0.667. The van der Waals surface area contributed by atoms with E-state index in [1.165, 1.54) is 37.7 Å². The van der Waals surface area contributed by atoms with Crippen LogP contribution in [-0.2, 0) is 6.42 Å². The van der Waals surface area contributed by atoms with E-state index in [4.69, 9.17) is 0 Å². The summed E-state index contributed by atoms with van der Waals surface area (Å²) in [6, 6.07) is 9.06. The largest absolute Gasteiger partial charge is 0.387 e. The van der Waals surface area contributed by atoms with Crippen LogP contribution in [0.1, 0.15) is 63.2 Å². The zero-order valence-corrected chi connectivity index (χ0v) is 12.9. The second kappa shape index (κ2) is 7.80. The maximum atomic E-state index is 10.3. The molecule has 1 unspecified atom stereocenters. The molecule has 1 atom stereocenters. The van der Waals surface area contributed by atoms with Crippen molar-refractivity contribution in [2.75, 3.05) is 6.54 Å². The van der Waals surface area contributed by atoms with Gasteiger partial charge in [-0.25, -0.2) is 0 Å². The minimum atomic E-state index is -0.384. The van der Waals surface area contributed by atoms with E-state index in [0.717, 1.165) is 12.0 Å². The number of aliphatic hydroxyl groups excluding tert-OH is 1. The second-order valence-corrected chi connectivity index (χ2v) is 6.60. The molecule has 1 aromatic rings. The fourth-order valence-electron chi connectivity index (χ4n) is 3.05. The summed E-state index contributed by atoms with van der Waals surface area (Å²) in [6.07, 6.45) is 7.29. The van der Waals surface area contributed by atoms with E-state index in [0.29, 0.717) is 18.5 Å². The van der Waals surface area contributed by atoms with Crippen LogP contribution < -0.4 is 5.32 Å². The molecular formula is C18H29NO. The Morgan fingerprint density at radius 3 is 2.35 bits per heavy atom. The quantitative estimate of drug-likeness (QED) is 0.826. The fourth-order valence-corrected chi connectivity index (χ4v) is 3.05. The molecule has 0 spiro atoms. The molecule has 0 saturated heterocycles. The SMILES string of the molecule is CC(C)Cc1ccc(C(O)CNC2CCCCC2)cc1. The maximum Gasteiger partial charge on any atom is 0.0914 e. The van der Waals surface area contributed by atoms with Gasteiger partial charge in [-0.05, 0) is 36.3 Å². The molecule has 0 bridgehead atoms. The van der Waals surface area contributed by atoms with Crippen LogP contribution in [-0.4, -0.2) is 17.7 Å². The Labute approximate surface area is 123 Å². The summed E-state index contributed by atoms with van der Waals surface area (Å²) < 4.78 is 0. The lowest BCUT2D eigenvalue weighted by Gasteiger charge is -2.24. The van der Waals surface area contributed by atoms with Crippen molar-refractivity contribution in [1.29, 1.82) is 0 Å². The summed E-state index contributed by atoms with van der Waals surface area (Å²) in [5.41, 5.74) is 2.39. The predicted octanol–water partition coefficient (Wildman–Crippen LogP) is 3.84. The van der Waals surface area contributed by atoms with Gasteiger partial charge in [0.05, 0.1) is 6.10 Å². The summed E-state index contributed by atoms with van der Waals surface area (Å²) >= 11 is 0. The molecule has 1 saturated carbocycles. The topological polar surface area (TPSA) is 32.3 Å². The molecule has 0 amide bonds. The average Bonchev–Trinajstić information content (AvgIpc) is 2.46. The molecule has 2 nitrogen and oxygen atoms in total. The highest BCUT2D eigenvalue weighted by molar-refractivity contribution is 5.24. The second-order valence-electron chi connectivity index (χ2n) is 6.60. The molecule has 112 valence electrons. The summed E-state index contributed by atoms with van der Waals surface area (Å²) in [7, 11) is 0. The lowest BCUT2D eigenvalue weighted by molar-refractivity contribution is 0.165. The third-order valence-electron chi connectivity index (χ3n) is 4.21. The van der Waals surface area contributed by atoms with Crippen molar-refractivity contribution in [2.24, 2.45) is 5.92 Å². The minimum absolute atomic E-state index is 0.384. The Morgan fingerprint density at radius 2 is 1.75 bits per heavy atom. The zero-order valence-electron chi connectivity index (χ0n) is 12.9. The lowest BCUT2D eigenvalue weighted by atomic mass is 9.95. The highest BCUT2D eigenvalue weighted by Gasteiger charge is 2.15. The van der Waals surface area contributed by atoms with Gasteiger partial charge < -0.3 is 10.4 Å². The first kappa shape index (κ1) is 15.5. The number of hydrogen-bond donors (Lipinski definition) is 2. The van der Waals surface area contributed by atoms with Gasteiger partial charge in [-0.2, -0.15) is 0 Å². The van der Waals surface area contributed by atoms with E-state index >= 15 is 0 Å². The van der Waals surface area contributed by atoms with Gasteiger partial charge in [0.1, 0.15) is 0 Å². The van der Waals surface area contributed by atoms with Crippen LogP contribution in [0.15, 0.2) is 24.3 Å². The zero-order chi connectivity index (χ0) is 14.4. The number of rotatable bonds is 6. The van der Waals surface area contributed by atoms with Crippen molar-refractivity contribution in [3.8, 4) is 0 Å². The predicted molar refractivity (Wildman–Crippen MR) is 84.8 cm³/mol. The van der Waals surface area contributed by atoms with Crippen LogP contribution in [0.25, 0.3) is 0 Å². The van der Waals surface area contributed by atoms with E-state index in [-0.39, 0.29) is 6.10 Å². The van der Waals surface area contributed by atoms with Gasteiger partial charge in [0.25, 0.3) is 0 Å². The Morgan fingerprint density at radius 1 is 1.10 bits per heavy atom. The van der Waals surface area contributed by atoms with Gasteiger partial charge in [-0.3, -0.25) is 0 Å². The molecule has 0 heterocycles. The molecule has 20 heavy (non-hydrogen) atoms. The average molecular weight is 275 g/mol. The standard InChI is InChI=1S/C18H29NO/c1-14(2)12-15-8-10-16(11-9-15)18(20)13-19-17-6-4-3-5-7-17/h8-11,14,17-20H,3-7,12-13H2,1-2H3. The number of benzene rings is 1. The van der Waals surface area contributed by atoms with Gasteiger partial charge in [0.2, 0.25) is 0 Å². The number of hydrogen-bond acceptors (Lipinski definition) is 2. The maximum absolute atomic E-state index is 10.3. The first-order chi connectivity index (χ1) is 9.65. The third kappa shape index (κ3) is 4.92. The summed E-state index contributed by atoms with van der Waals surface area (Å²) in [4.78, 5) is 0. The van der Waals surface area contributed by atoms with E-state index < -0.39 is 0 Å². The number of nitrogens with one attached hydrogen (secondary N) is 1. The van der Waals surface area contributed by atoms with Crippen molar-refractivity contribution in [2.45, 2.75) is 64.5 Å². The van der Waals surface area contributed by atoms with Gasteiger partial charge in [0, 0.05) is 12.6 Å². The normalized spacial score (nSPS) is 18.4. The molecule has 2 rings (SSSR count). The van der Waals surface area contributed by atoms with Gasteiger partial charge >= 0.3 is 0 Å². The Balaban J connectivity index is 1.80. The molecule has 0 aromatic heterocycles. The highest BCUT2D eigenvalue weighted by Crippen LogP contribution is 2.19. The van der Waals surface area contributed by atoms with Crippen LogP contribution in [0, 0.1) is 5.92 Å². The van der Waals surface area contributed by atoms with Crippen LogP contribution >= 0.6 is 0 Å². The van der Waals surface area contributed by atoms with Crippen molar-refractivity contribution < 1.29 is 5.11 Å². The van der Waals surface area contributed by atoms with Crippen LogP contribution in [0.3, 0.4) is 0 Å². The van der Waals surface area contributed by atoms with E-state index in [9.17, 15) is 5.11 Å². The molecule has 0 aliphatic heterocycles. The van der Waals surface area contributed by atoms with Gasteiger partial charge in [-0.1, -0.05) is 57.4 Å². The lowest BCUT2D eigenvalue weighted by Crippen LogP contribution is -2.34. The highest BCUT2D eigenvalue weighted by atomic mass is 16.3. The monoisotopic (exact) mass is 275 g/mol. The van der Waals surface area contributed by atoms with Crippen LogP contribution in [0.4, 0.5) is 0 Å². The summed E-state index contributed by atoms with van der Waals surface area (Å²) in [6.45, 7) is 5.14. The molecular weight excluding hydrogens is 246 g/mol. The summed E-state index contributed by atoms with van der Waals surface area (Å²) in [5.74, 6) is 0.679. The van der Waals surface area contributed by atoms with Crippen molar-refractivity contribution in [1.82, 2.24) is 5.32 Å². The van der Waals surface area contributed by atoms with Gasteiger partial charge in [0.15, 0.2) is 0 Å². The van der Waals surface area contributed by atoms with Crippen LogP contribution in [0.2, 0.25) is 0 Å². The van der Waals surface area contributed by atoms with Crippen LogP contribution in [0.5, 0.6) is 0 Å².